The van der Waals surface area contributed by atoms with Gasteiger partial charge in [0.2, 0.25) is 0 Å². The van der Waals surface area contributed by atoms with Gasteiger partial charge < -0.3 is 9.52 Å². The van der Waals surface area contributed by atoms with Crippen LogP contribution in [0.3, 0.4) is 0 Å². The standard InChI is InChI=1S/C10H14BrNO3/c1-2-12(5-3-10(13)14)7-9-8(11)4-6-15-9/h4,6H,2-3,5,7H2,1H3,(H,13,14). The summed E-state index contributed by atoms with van der Waals surface area (Å²) < 4.78 is 6.19. The van der Waals surface area contributed by atoms with Crippen LogP contribution in [0.1, 0.15) is 19.1 Å². The van der Waals surface area contributed by atoms with Gasteiger partial charge in [0.15, 0.2) is 0 Å². The maximum absolute atomic E-state index is 10.4. The summed E-state index contributed by atoms with van der Waals surface area (Å²) in [5.74, 6) is 0.0641. The van der Waals surface area contributed by atoms with Gasteiger partial charge >= 0.3 is 5.97 Å². The second kappa shape index (κ2) is 5.92. The normalized spacial score (nSPS) is 10.9. The Balaban J connectivity index is 2.47. The second-order valence-corrected chi connectivity index (χ2v) is 4.06. The molecule has 0 aliphatic heterocycles. The van der Waals surface area contributed by atoms with Gasteiger partial charge in [-0.15, -0.1) is 0 Å². The van der Waals surface area contributed by atoms with Gasteiger partial charge in [-0.3, -0.25) is 9.69 Å². The number of aliphatic carboxylic acids is 1. The molecule has 1 N–H and O–H groups in total. The van der Waals surface area contributed by atoms with Crippen molar-refractivity contribution in [3.05, 3.63) is 22.6 Å². The first-order valence-electron chi connectivity index (χ1n) is 4.79. The quantitative estimate of drug-likeness (QED) is 0.866. The average Bonchev–Trinajstić information content (AvgIpc) is 2.58. The molecule has 1 aromatic rings. The Labute approximate surface area is 97.0 Å². The summed E-state index contributed by atoms with van der Waals surface area (Å²) in [6.07, 6.45) is 1.77. The fourth-order valence-electron chi connectivity index (χ4n) is 1.24. The summed E-state index contributed by atoms with van der Waals surface area (Å²) in [6, 6.07) is 1.83. The van der Waals surface area contributed by atoms with Crippen LogP contribution in [0.2, 0.25) is 0 Å². The van der Waals surface area contributed by atoms with Gasteiger partial charge in [0.25, 0.3) is 0 Å². The van der Waals surface area contributed by atoms with Crippen molar-refractivity contribution in [3.63, 3.8) is 0 Å². The third-order valence-corrected chi connectivity index (χ3v) is 2.85. The van der Waals surface area contributed by atoms with Crippen molar-refractivity contribution >= 4 is 21.9 Å². The van der Waals surface area contributed by atoms with E-state index in [0.717, 1.165) is 16.8 Å². The average molecular weight is 276 g/mol. The van der Waals surface area contributed by atoms with Crippen LogP contribution in [-0.4, -0.2) is 29.1 Å². The number of hydrogen-bond acceptors (Lipinski definition) is 3. The summed E-state index contributed by atoms with van der Waals surface area (Å²) in [4.78, 5) is 12.5. The molecular formula is C10H14BrNO3. The van der Waals surface area contributed by atoms with Crippen LogP contribution in [-0.2, 0) is 11.3 Å². The van der Waals surface area contributed by atoms with E-state index in [4.69, 9.17) is 9.52 Å². The number of halogens is 1. The van der Waals surface area contributed by atoms with E-state index < -0.39 is 5.97 Å². The Kier molecular flexibility index (Phi) is 4.84. The van der Waals surface area contributed by atoms with Crippen LogP contribution in [0.5, 0.6) is 0 Å². The topological polar surface area (TPSA) is 53.7 Å². The largest absolute Gasteiger partial charge is 0.481 e. The van der Waals surface area contributed by atoms with Crippen molar-refractivity contribution in [2.75, 3.05) is 13.1 Å². The monoisotopic (exact) mass is 275 g/mol. The lowest BCUT2D eigenvalue weighted by Gasteiger charge is -2.17. The lowest BCUT2D eigenvalue weighted by molar-refractivity contribution is -0.137. The van der Waals surface area contributed by atoms with E-state index in [0.29, 0.717) is 13.1 Å². The van der Waals surface area contributed by atoms with Crippen LogP contribution in [0.4, 0.5) is 0 Å². The van der Waals surface area contributed by atoms with Crippen LogP contribution in [0.15, 0.2) is 21.2 Å². The molecule has 15 heavy (non-hydrogen) atoms. The molecule has 0 saturated heterocycles. The highest BCUT2D eigenvalue weighted by Crippen LogP contribution is 2.19. The fraction of sp³-hybridized carbons (Fsp3) is 0.500. The molecule has 1 rings (SSSR count). The zero-order valence-electron chi connectivity index (χ0n) is 8.57. The molecule has 0 aliphatic rings. The smallest absolute Gasteiger partial charge is 0.304 e. The lowest BCUT2D eigenvalue weighted by Crippen LogP contribution is -2.25. The maximum atomic E-state index is 10.4. The molecule has 0 atom stereocenters. The zero-order chi connectivity index (χ0) is 11.3. The highest BCUT2D eigenvalue weighted by atomic mass is 79.9. The number of carbonyl (C=O) groups is 1. The Hall–Kier alpha value is -0.810. The van der Waals surface area contributed by atoms with Gasteiger partial charge in [-0.25, -0.2) is 0 Å². The van der Waals surface area contributed by atoms with Gasteiger partial charge in [0.05, 0.1) is 23.7 Å². The molecule has 0 spiro atoms. The molecule has 0 bridgehead atoms. The van der Waals surface area contributed by atoms with E-state index in [-0.39, 0.29) is 6.42 Å². The van der Waals surface area contributed by atoms with E-state index in [1.54, 1.807) is 6.26 Å². The molecule has 1 heterocycles. The molecule has 0 saturated carbocycles. The maximum Gasteiger partial charge on any atom is 0.304 e. The first kappa shape index (κ1) is 12.3. The second-order valence-electron chi connectivity index (χ2n) is 3.20. The molecule has 0 radical (unpaired) electrons. The number of rotatable bonds is 6. The van der Waals surface area contributed by atoms with Gasteiger partial charge in [0.1, 0.15) is 5.76 Å². The third kappa shape index (κ3) is 4.05. The number of carboxylic acid groups (broad SMARTS) is 1. The summed E-state index contributed by atoms with van der Waals surface area (Å²) in [5, 5.41) is 8.58. The van der Waals surface area contributed by atoms with Gasteiger partial charge in [-0.1, -0.05) is 6.92 Å². The summed E-state index contributed by atoms with van der Waals surface area (Å²) in [6.45, 7) is 3.98. The van der Waals surface area contributed by atoms with E-state index in [2.05, 4.69) is 15.9 Å². The SMILES string of the molecule is CCN(CCC(=O)O)Cc1occc1Br. The molecule has 0 aliphatic carbocycles. The van der Waals surface area contributed by atoms with Gasteiger partial charge in [0, 0.05) is 6.54 Å². The van der Waals surface area contributed by atoms with E-state index in [9.17, 15) is 4.79 Å². The highest BCUT2D eigenvalue weighted by Gasteiger charge is 2.10. The molecule has 1 aromatic heterocycles. The van der Waals surface area contributed by atoms with Crippen molar-refractivity contribution in [2.24, 2.45) is 0 Å². The van der Waals surface area contributed by atoms with Crippen LogP contribution in [0.25, 0.3) is 0 Å². The fourth-order valence-corrected chi connectivity index (χ4v) is 1.57. The number of carboxylic acids is 1. The van der Waals surface area contributed by atoms with E-state index in [1.807, 2.05) is 17.9 Å². The predicted molar refractivity (Wildman–Crippen MR) is 59.6 cm³/mol. The Morgan fingerprint density at radius 1 is 1.67 bits per heavy atom. The minimum Gasteiger partial charge on any atom is -0.481 e. The zero-order valence-corrected chi connectivity index (χ0v) is 10.2. The van der Waals surface area contributed by atoms with Crippen molar-refractivity contribution in [2.45, 2.75) is 19.9 Å². The van der Waals surface area contributed by atoms with Crippen LogP contribution < -0.4 is 0 Å². The first-order valence-corrected chi connectivity index (χ1v) is 5.58. The number of furan rings is 1. The van der Waals surface area contributed by atoms with Crippen LogP contribution >= 0.6 is 15.9 Å². The number of hydrogen-bond donors (Lipinski definition) is 1. The molecule has 4 nitrogen and oxygen atoms in total. The Bertz CT molecular complexity index is 324. The molecule has 0 aromatic carbocycles. The van der Waals surface area contributed by atoms with Crippen molar-refractivity contribution in [3.8, 4) is 0 Å². The van der Waals surface area contributed by atoms with Crippen molar-refractivity contribution in [1.82, 2.24) is 4.90 Å². The van der Waals surface area contributed by atoms with Crippen molar-refractivity contribution < 1.29 is 14.3 Å². The lowest BCUT2D eigenvalue weighted by atomic mass is 10.3. The minimum absolute atomic E-state index is 0.159. The minimum atomic E-state index is -0.771. The molecule has 84 valence electrons. The van der Waals surface area contributed by atoms with Gasteiger partial charge in [-0.05, 0) is 28.5 Å². The Morgan fingerprint density at radius 3 is 2.87 bits per heavy atom. The molecular weight excluding hydrogens is 262 g/mol. The summed E-state index contributed by atoms with van der Waals surface area (Å²) in [5.41, 5.74) is 0. The number of nitrogens with zero attached hydrogens (tertiary/aromatic N) is 1. The third-order valence-electron chi connectivity index (χ3n) is 2.15. The molecule has 5 heteroatoms. The van der Waals surface area contributed by atoms with Gasteiger partial charge in [-0.2, -0.15) is 0 Å². The highest BCUT2D eigenvalue weighted by molar-refractivity contribution is 9.10. The summed E-state index contributed by atoms with van der Waals surface area (Å²) >= 11 is 3.37. The van der Waals surface area contributed by atoms with Crippen LogP contribution in [0, 0.1) is 0 Å². The van der Waals surface area contributed by atoms with E-state index in [1.165, 1.54) is 0 Å². The predicted octanol–water partition coefficient (Wildman–Crippen LogP) is 2.34. The van der Waals surface area contributed by atoms with E-state index >= 15 is 0 Å². The first-order chi connectivity index (χ1) is 7.13. The molecule has 0 fully saturated rings. The molecule has 0 amide bonds. The Morgan fingerprint density at radius 2 is 2.40 bits per heavy atom. The molecule has 0 unspecified atom stereocenters. The summed E-state index contributed by atoms with van der Waals surface area (Å²) in [7, 11) is 0. The van der Waals surface area contributed by atoms with Crippen molar-refractivity contribution in [1.29, 1.82) is 0 Å².